The van der Waals surface area contributed by atoms with Crippen molar-refractivity contribution in [2.24, 2.45) is 0 Å². The third-order valence-electron chi connectivity index (χ3n) is 5.62. The molecule has 0 saturated carbocycles. The Morgan fingerprint density at radius 2 is 1.97 bits per heavy atom. The Kier molecular flexibility index (Phi) is 5.46. The Morgan fingerprint density at radius 1 is 1.17 bits per heavy atom. The van der Waals surface area contributed by atoms with E-state index in [0.29, 0.717) is 12.3 Å². The largest absolute Gasteiger partial charge is 0.318 e. The molecule has 4 rings (SSSR count). The van der Waals surface area contributed by atoms with E-state index < -0.39 is 0 Å². The molecule has 0 atom stereocenters. The van der Waals surface area contributed by atoms with Crippen LogP contribution in [0.5, 0.6) is 0 Å². The van der Waals surface area contributed by atoms with Gasteiger partial charge >= 0.3 is 0 Å². The molecule has 6 heteroatoms. The molecule has 1 aliphatic rings. The summed E-state index contributed by atoms with van der Waals surface area (Å²) in [5, 5.41) is 9.07. The van der Waals surface area contributed by atoms with Gasteiger partial charge in [0.1, 0.15) is 5.82 Å². The highest BCUT2D eigenvalue weighted by Gasteiger charge is 2.19. The fraction of sp³-hybridized carbons (Fsp3) is 0.348. The third-order valence-corrected chi connectivity index (χ3v) is 6.58. The Bertz CT molecular complexity index is 1090. The van der Waals surface area contributed by atoms with E-state index in [1.165, 1.54) is 35.7 Å². The molecule has 0 amide bonds. The lowest BCUT2D eigenvalue weighted by molar-refractivity contribution is 0.102. The van der Waals surface area contributed by atoms with E-state index in [1.54, 1.807) is 0 Å². The number of rotatable bonds is 7. The van der Waals surface area contributed by atoms with Crippen molar-refractivity contribution < 1.29 is 4.79 Å². The summed E-state index contributed by atoms with van der Waals surface area (Å²) >= 11 is 1.43. The van der Waals surface area contributed by atoms with Gasteiger partial charge in [0.05, 0.1) is 5.75 Å². The van der Waals surface area contributed by atoms with Crippen molar-refractivity contribution in [3.8, 4) is 5.69 Å². The predicted octanol–water partition coefficient (Wildman–Crippen LogP) is 4.64. The fourth-order valence-electron chi connectivity index (χ4n) is 4.16. The third kappa shape index (κ3) is 3.69. The van der Waals surface area contributed by atoms with Crippen LogP contribution in [0.3, 0.4) is 0 Å². The molecule has 2 heterocycles. The van der Waals surface area contributed by atoms with Crippen LogP contribution in [-0.2, 0) is 19.4 Å². The van der Waals surface area contributed by atoms with Crippen molar-refractivity contribution in [1.29, 1.82) is 0 Å². The minimum absolute atomic E-state index is 0.112. The SMILES string of the molecule is C=CCn1c(C)nnc1SCC(=O)c1cc(C)n(-c2ccc3c(c2)CCC3)c1C. The molecule has 0 N–H and O–H groups in total. The summed E-state index contributed by atoms with van der Waals surface area (Å²) in [6, 6.07) is 8.70. The Labute approximate surface area is 175 Å². The first kappa shape index (κ1) is 19.7. The second-order valence-corrected chi connectivity index (χ2v) is 8.51. The zero-order chi connectivity index (χ0) is 20.5. The van der Waals surface area contributed by atoms with Crippen LogP contribution in [-0.4, -0.2) is 30.9 Å². The lowest BCUT2D eigenvalue weighted by Gasteiger charge is -2.12. The second-order valence-electron chi connectivity index (χ2n) is 7.57. The molecular formula is C23H26N4OS. The molecule has 29 heavy (non-hydrogen) atoms. The van der Waals surface area contributed by atoms with Gasteiger partial charge in [-0.25, -0.2) is 0 Å². The topological polar surface area (TPSA) is 52.7 Å². The molecular weight excluding hydrogens is 380 g/mol. The average molecular weight is 407 g/mol. The van der Waals surface area contributed by atoms with Crippen molar-refractivity contribution in [2.45, 2.75) is 51.7 Å². The van der Waals surface area contributed by atoms with Crippen LogP contribution in [0, 0.1) is 20.8 Å². The molecule has 0 radical (unpaired) electrons. The highest BCUT2D eigenvalue weighted by molar-refractivity contribution is 7.99. The first-order chi connectivity index (χ1) is 14.0. The zero-order valence-corrected chi connectivity index (χ0v) is 18.1. The van der Waals surface area contributed by atoms with E-state index in [9.17, 15) is 4.79 Å². The van der Waals surface area contributed by atoms with E-state index in [1.807, 2.05) is 30.6 Å². The molecule has 5 nitrogen and oxygen atoms in total. The summed E-state index contributed by atoms with van der Waals surface area (Å²) in [6.07, 6.45) is 5.37. The maximum absolute atomic E-state index is 13.0. The molecule has 3 aromatic rings. The van der Waals surface area contributed by atoms with Gasteiger partial charge in [-0.15, -0.1) is 16.8 Å². The minimum atomic E-state index is 0.112. The average Bonchev–Trinajstić information content (AvgIpc) is 3.38. The van der Waals surface area contributed by atoms with Crippen LogP contribution in [0.15, 0.2) is 42.1 Å². The van der Waals surface area contributed by atoms with Gasteiger partial charge in [0.15, 0.2) is 10.9 Å². The van der Waals surface area contributed by atoms with E-state index in [-0.39, 0.29) is 5.78 Å². The van der Waals surface area contributed by atoms with Gasteiger partial charge in [-0.3, -0.25) is 4.79 Å². The second kappa shape index (κ2) is 8.03. The number of carbonyl (C=O) groups is 1. The van der Waals surface area contributed by atoms with Gasteiger partial charge in [-0.2, -0.15) is 0 Å². The van der Waals surface area contributed by atoms with E-state index >= 15 is 0 Å². The number of aromatic nitrogens is 4. The predicted molar refractivity (Wildman–Crippen MR) is 117 cm³/mol. The van der Waals surface area contributed by atoms with Crippen LogP contribution in [0.4, 0.5) is 0 Å². The van der Waals surface area contributed by atoms with Crippen molar-refractivity contribution in [1.82, 2.24) is 19.3 Å². The molecule has 150 valence electrons. The number of Topliss-reactive ketones (excluding diaryl/α,β-unsaturated/α-hetero) is 1. The van der Waals surface area contributed by atoms with E-state index in [2.05, 4.69) is 46.5 Å². The number of allylic oxidation sites excluding steroid dienone is 1. The molecule has 0 aliphatic heterocycles. The van der Waals surface area contributed by atoms with Crippen molar-refractivity contribution in [2.75, 3.05) is 5.75 Å². The van der Waals surface area contributed by atoms with Crippen molar-refractivity contribution >= 4 is 17.5 Å². The summed E-state index contributed by atoms with van der Waals surface area (Å²) in [5.74, 6) is 1.28. The molecule has 0 bridgehead atoms. The van der Waals surface area contributed by atoms with Crippen LogP contribution < -0.4 is 0 Å². The lowest BCUT2D eigenvalue weighted by atomic mass is 10.1. The maximum atomic E-state index is 13.0. The minimum Gasteiger partial charge on any atom is -0.318 e. The smallest absolute Gasteiger partial charge is 0.191 e. The summed E-state index contributed by atoms with van der Waals surface area (Å²) in [4.78, 5) is 13.0. The van der Waals surface area contributed by atoms with Gasteiger partial charge in [0.25, 0.3) is 0 Å². The highest BCUT2D eigenvalue weighted by Crippen LogP contribution is 2.28. The number of fused-ring (bicyclic) bond motifs is 1. The Balaban J connectivity index is 1.56. The molecule has 0 spiro atoms. The zero-order valence-electron chi connectivity index (χ0n) is 17.2. The quantitative estimate of drug-likeness (QED) is 0.326. The van der Waals surface area contributed by atoms with Gasteiger partial charge in [0.2, 0.25) is 0 Å². The first-order valence-corrected chi connectivity index (χ1v) is 11.0. The molecule has 0 unspecified atom stereocenters. The Morgan fingerprint density at radius 3 is 2.76 bits per heavy atom. The van der Waals surface area contributed by atoms with E-state index in [4.69, 9.17) is 0 Å². The number of carbonyl (C=O) groups excluding carboxylic acids is 1. The Hall–Kier alpha value is -2.60. The highest BCUT2D eigenvalue weighted by atomic mass is 32.2. The van der Waals surface area contributed by atoms with E-state index in [0.717, 1.165) is 40.0 Å². The number of hydrogen-bond acceptors (Lipinski definition) is 4. The normalized spacial score (nSPS) is 12.9. The molecule has 2 aromatic heterocycles. The summed E-state index contributed by atoms with van der Waals surface area (Å²) in [6.45, 7) is 10.4. The van der Waals surface area contributed by atoms with Gasteiger partial charge in [0, 0.05) is 29.2 Å². The molecule has 1 aliphatic carbocycles. The molecule has 0 fully saturated rings. The van der Waals surface area contributed by atoms with Crippen LogP contribution in [0.2, 0.25) is 0 Å². The van der Waals surface area contributed by atoms with Crippen LogP contribution in [0.25, 0.3) is 5.69 Å². The van der Waals surface area contributed by atoms with Gasteiger partial charge in [-0.05, 0) is 69.4 Å². The first-order valence-electron chi connectivity index (χ1n) is 9.97. The number of aryl methyl sites for hydroxylation is 4. The van der Waals surface area contributed by atoms with Crippen LogP contribution >= 0.6 is 11.8 Å². The lowest BCUT2D eigenvalue weighted by Crippen LogP contribution is -2.07. The van der Waals surface area contributed by atoms with Crippen LogP contribution in [0.1, 0.15) is 45.1 Å². The number of thioether (sulfide) groups is 1. The standard InChI is InChI=1S/C23H26N4OS/c1-5-11-26-17(4)24-25-23(26)29-14-22(28)21-12-15(2)27(16(21)3)20-10-9-18-7-6-8-19(18)13-20/h5,9-10,12-13H,1,6-8,11,14H2,2-4H3. The molecule has 1 aromatic carbocycles. The molecule has 0 saturated heterocycles. The summed E-state index contributed by atoms with van der Waals surface area (Å²) in [7, 11) is 0. The monoisotopic (exact) mass is 406 g/mol. The maximum Gasteiger partial charge on any atom is 0.191 e. The van der Waals surface area contributed by atoms with Crippen molar-refractivity contribution in [3.63, 3.8) is 0 Å². The number of nitrogens with zero attached hydrogens (tertiary/aromatic N) is 4. The number of benzene rings is 1. The van der Waals surface area contributed by atoms with Crippen molar-refractivity contribution in [3.05, 3.63) is 70.8 Å². The fourth-order valence-corrected chi connectivity index (χ4v) is 5.03. The number of ketones is 1. The van der Waals surface area contributed by atoms with Gasteiger partial charge in [-0.1, -0.05) is 23.9 Å². The number of hydrogen-bond donors (Lipinski definition) is 0. The summed E-state index contributed by atoms with van der Waals surface area (Å²) in [5.41, 5.74) is 6.91. The summed E-state index contributed by atoms with van der Waals surface area (Å²) < 4.78 is 4.17. The van der Waals surface area contributed by atoms with Gasteiger partial charge < -0.3 is 9.13 Å².